The second-order valence-corrected chi connectivity index (χ2v) is 8.92. The normalized spacial score (nSPS) is 12.7. The lowest BCUT2D eigenvalue weighted by molar-refractivity contribution is 0.522. The van der Waals surface area contributed by atoms with Gasteiger partial charge < -0.3 is 10.3 Å². The van der Waals surface area contributed by atoms with Gasteiger partial charge in [-0.05, 0) is 42.6 Å². The molecular formula is C21H24ClN5O3S. The predicted octanol–water partition coefficient (Wildman–Crippen LogP) is 2.26. The van der Waals surface area contributed by atoms with Crippen molar-refractivity contribution in [3.05, 3.63) is 71.4 Å². The molecule has 3 N–H and O–H groups in total. The van der Waals surface area contributed by atoms with Crippen LogP contribution in [0.1, 0.15) is 6.92 Å². The summed E-state index contributed by atoms with van der Waals surface area (Å²) >= 11 is 0. The number of aromatic nitrogens is 3. The molecule has 0 bridgehead atoms. The highest BCUT2D eigenvalue weighted by atomic mass is 35.5. The van der Waals surface area contributed by atoms with Gasteiger partial charge in [-0.3, -0.25) is 9.55 Å². The van der Waals surface area contributed by atoms with Crippen molar-refractivity contribution in [2.75, 3.05) is 13.1 Å². The lowest BCUT2D eigenvalue weighted by Gasteiger charge is -2.15. The zero-order chi connectivity index (χ0) is 21.1. The van der Waals surface area contributed by atoms with Crippen molar-refractivity contribution in [1.29, 1.82) is 0 Å². The number of sulfonamides is 1. The van der Waals surface area contributed by atoms with Gasteiger partial charge in [-0.2, -0.15) is 0 Å². The van der Waals surface area contributed by atoms with E-state index in [0.717, 1.165) is 21.8 Å². The van der Waals surface area contributed by atoms with Crippen molar-refractivity contribution < 1.29 is 8.42 Å². The number of fused-ring (bicyclic) bond motifs is 2. The molecule has 1 unspecified atom stereocenters. The third-order valence-corrected chi connectivity index (χ3v) is 6.51. The first-order valence-corrected chi connectivity index (χ1v) is 11.2. The highest BCUT2D eigenvalue weighted by Crippen LogP contribution is 2.18. The Kier molecular flexibility index (Phi) is 7.11. The number of pyridine rings is 1. The number of rotatable bonds is 8. The summed E-state index contributed by atoms with van der Waals surface area (Å²) in [4.78, 5) is 19.2. The average Bonchev–Trinajstić information content (AvgIpc) is 3.05. The molecule has 4 aromatic rings. The molecule has 31 heavy (non-hydrogen) atoms. The van der Waals surface area contributed by atoms with Crippen molar-refractivity contribution in [3.8, 4) is 0 Å². The van der Waals surface area contributed by atoms with Gasteiger partial charge >= 0.3 is 5.69 Å². The number of nitrogens with one attached hydrogen (secondary N) is 3. The monoisotopic (exact) mass is 461 g/mol. The van der Waals surface area contributed by atoms with Crippen LogP contribution in [-0.2, 0) is 16.6 Å². The molecule has 2 heterocycles. The Morgan fingerprint density at radius 2 is 1.94 bits per heavy atom. The molecule has 0 spiro atoms. The molecule has 0 saturated heterocycles. The lowest BCUT2D eigenvalue weighted by atomic mass is 10.2. The molecule has 0 amide bonds. The number of halogens is 1. The lowest BCUT2D eigenvalue weighted by Crippen LogP contribution is -2.40. The van der Waals surface area contributed by atoms with E-state index >= 15 is 0 Å². The maximum atomic E-state index is 12.7. The number of hydrogen-bond donors (Lipinski definition) is 3. The molecule has 2 aromatic heterocycles. The highest BCUT2D eigenvalue weighted by Gasteiger charge is 2.17. The fourth-order valence-electron chi connectivity index (χ4n) is 3.44. The zero-order valence-corrected chi connectivity index (χ0v) is 18.5. The smallest absolute Gasteiger partial charge is 0.313 e. The molecule has 8 nitrogen and oxygen atoms in total. The zero-order valence-electron chi connectivity index (χ0n) is 16.9. The van der Waals surface area contributed by atoms with Crippen LogP contribution in [-0.4, -0.2) is 42.1 Å². The number of para-hydroxylation sites is 2. The van der Waals surface area contributed by atoms with Crippen LogP contribution in [0.25, 0.3) is 21.8 Å². The summed E-state index contributed by atoms with van der Waals surface area (Å²) in [5, 5.41) is 4.92. The Morgan fingerprint density at radius 1 is 1.13 bits per heavy atom. The van der Waals surface area contributed by atoms with Gasteiger partial charge in [0.2, 0.25) is 10.0 Å². The summed E-state index contributed by atoms with van der Waals surface area (Å²) < 4.78 is 29.7. The fraction of sp³-hybridized carbons (Fsp3) is 0.238. The van der Waals surface area contributed by atoms with Gasteiger partial charge in [-0.25, -0.2) is 17.9 Å². The molecule has 0 saturated carbocycles. The van der Waals surface area contributed by atoms with Gasteiger partial charge in [0.25, 0.3) is 0 Å². The van der Waals surface area contributed by atoms with Gasteiger partial charge in [-0.1, -0.05) is 18.2 Å². The minimum Gasteiger partial charge on any atom is -0.313 e. The van der Waals surface area contributed by atoms with Crippen molar-refractivity contribution in [1.82, 2.24) is 24.6 Å². The van der Waals surface area contributed by atoms with E-state index in [1.807, 2.05) is 24.3 Å². The SMILES string of the molecule is CC(CNCCn1c(=O)[nH]c2ccccc21)NS(=O)(=O)c1ccc2cnccc2c1.Cl. The molecule has 2 aromatic carbocycles. The largest absolute Gasteiger partial charge is 0.326 e. The standard InChI is InChI=1S/C21H23N5O3S.ClH/c1-15(13-23-10-11-26-20-5-3-2-4-19(20)24-21(26)27)25-30(28,29)18-7-6-17-14-22-9-8-16(17)12-18;/h2-9,12,14-15,23,25H,10-11,13H2,1H3,(H,24,27);1H. The van der Waals surface area contributed by atoms with E-state index in [0.29, 0.717) is 19.6 Å². The molecule has 164 valence electrons. The van der Waals surface area contributed by atoms with Gasteiger partial charge in [-0.15, -0.1) is 12.4 Å². The maximum absolute atomic E-state index is 12.7. The summed E-state index contributed by atoms with van der Waals surface area (Å²) in [6.07, 6.45) is 3.34. The third-order valence-electron chi connectivity index (χ3n) is 4.92. The number of aromatic amines is 1. The Bertz CT molecular complexity index is 1350. The molecule has 0 aliphatic heterocycles. The minimum atomic E-state index is -3.64. The van der Waals surface area contributed by atoms with Crippen molar-refractivity contribution in [2.45, 2.75) is 24.4 Å². The van der Waals surface area contributed by atoms with Gasteiger partial charge in [0.1, 0.15) is 0 Å². The number of imidazole rings is 1. The van der Waals surface area contributed by atoms with Crippen LogP contribution in [0.15, 0.2) is 70.6 Å². The van der Waals surface area contributed by atoms with Crippen LogP contribution in [0.3, 0.4) is 0 Å². The Morgan fingerprint density at radius 3 is 2.77 bits per heavy atom. The van der Waals surface area contributed by atoms with E-state index in [9.17, 15) is 13.2 Å². The van der Waals surface area contributed by atoms with E-state index in [4.69, 9.17) is 0 Å². The summed E-state index contributed by atoms with van der Waals surface area (Å²) in [6.45, 7) is 3.26. The van der Waals surface area contributed by atoms with E-state index in [2.05, 4.69) is 20.0 Å². The molecule has 0 fully saturated rings. The van der Waals surface area contributed by atoms with Crippen LogP contribution in [0.2, 0.25) is 0 Å². The molecule has 10 heteroatoms. The molecule has 0 radical (unpaired) electrons. The van der Waals surface area contributed by atoms with Crippen LogP contribution in [0.5, 0.6) is 0 Å². The quantitative estimate of drug-likeness (QED) is 0.349. The van der Waals surface area contributed by atoms with Gasteiger partial charge in [0, 0.05) is 43.5 Å². The first-order chi connectivity index (χ1) is 14.4. The van der Waals surface area contributed by atoms with E-state index in [-0.39, 0.29) is 29.0 Å². The second kappa shape index (κ2) is 9.61. The summed E-state index contributed by atoms with van der Waals surface area (Å²) in [5.74, 6) is 0. The summed E-state index contributed by atoms with van der Waals surface area (Å²) in [5.41, 5.74) is 1.50. The average molecular weight is 462 g/mol. The van der Waals surface area contributed by atoms with Gasteiger partial charge in [0.15, 0.2) is 0 Å². The minimum absolute atomic E-state index is 0. The first-order valence-electron chi connectivity index (χ1n) is 9.68. The molecular weight excluding hydrogens is 438 g/mol. The van der Waals surface area contributed by atoms with Crippen LogP contribution < -0.4 is 15.7 Å². The Labute approximate surface area is 186 Å². The summed E-state index contributed by atoms with van der Waals surface area (Å²) in [7, 11) is -3.64. The third kappa shape index (κ3) is 5.13. The second-order valence-electron chi connectivity index (χ2n) is 7.21. The van der Waals surface area contributed by atoms with Crippen LogP contribution in [0.4, 0.5) is 0 Å². The fourth-order valence-corrected chi connectivity index (χ4v) is 4.72. The summed E-state index contributed by atoms with van der Waals surface area (Å²) in [6, 6.07) is 14.0. The van der Waals surface area contributed by atoms with E-state index in [1.54, 1.807) is 48.1 Å². The van der Waals surface area contributed by atoms with Crippen molar-refractivity contribution in [2.24, 2.45) is 0 Å². The molecule has 4 rings (SSSR count). The number of H-pyrrole nitrogens is 1. The highest BCUT2D eigenvalue weighted by molar-refractivity contribution is 7.89. The Hall–Kier alpha value is -2.72. The van der Waals surface area contributed by atoms with E-state index < -0.39 is 10.0 Å². The number of benzene rings is 2. The molecule has 1 atom stereocenters. The van der Waals surface area contributed by atoms with Crippen molar-refractivity contribution >= 4 is 44.2 Å². The van der Waals surface area contributed by atoms with E-state index in [1.165, 1.54) is 0 Å². The van der Waals surface area contributed by atoms with Crippen molar-refractivity contribution in [3.63, 3.8) is 0 Å². The molecule has 0 aliphatic carbocycles. The van der Waals surface area contributed by atoms with Gasteiger partial charge in [0.05, 0.1) is 15.9 Å². The predicted molar refractivity (Wildman–Crippen MR) is 124 cm³/mol. The Balaban J connectivity index is 0.00000272. The number of nitrogens with zero attached hydrogens (tertiary/aromatic N) is 2. The van der Waals surface area contributed by atoms with Crippen LogP contribution >= 0.6 is 12.4 Å². The maximum Gasteiger partial charge on any atom is 0.326 e. The number of hydrogen-bond acceptors (Lipinski definition) is 5. The van der Waals surface area contributed by atoms with Crippen LogP contribution in [0, 0.1) is 0 Å². The topological polar surface area (TPSA) is 109 Å². The first kappa shape index (κ1) is 23.0. The molecule has 0 aliphatic rings.